The van der Waals surface area contributed by atoms with Gasteiger partial charge in [0.25, 0.3) is 6.29 Å². The average Bonchev–Trinajstić information content (AvgIpc) is 3.06. The van der Waals surface area contributed by atoms with Gasteiger partial charge in [-0.15, -0.1) is 0 Å². The summed E-state index contributed by atoms with van der Waals surface area (Å²) >= 11 is 0. The fourth-order valence-corrected chi connectivity index (χ4v) is 2.63. The van der Waals surface area contributed by atoms with Gasteiger partial charge >= 0.3 is 12.1 Å². The Balaban J connectivity index is 2.08. The summed E-state index contributed by atoms with van der Waals surface area (Å²) in [6.45, 7) is 6.42. The fourth-order valence-electron chi connectivity index (χ4n) is 2.63. The molecule has 1 amide bonds. The largest absolute Gasteiger partial charge is 0.412 e. The summed E-state index contributed by atoms with van der Waals surface area (Å²) in [5.41, 5.74) is 0.108. The van der Waals surface area contributed by atoms with E-state index in [0.717, 1.165) is 18.4 Å². The quantitative estimate of drug-likeness (QED) is 0.630. The van der Waals surface area contributed by atoms with Gasteiger partial charge in [-0.3, -0.25) is 0 Å². The van der Waals surface area contributed by atoms with Crippen LogP contribution in [-0.2, 0) is 16.0 Å². The Morgan fingerprint density at radius 1 is 1.24 bits per heavy atom. The van der Waals surface area contributed by atoms with Crippen LogP contribution in [0.15, 0.2) is 30.3 Å². The molecule has 0 bridgehead atoms. The number of ether oxygens (including phenoxy) is 1. The van der Waals surface area contributed by atoms with Gasteiger partial charge in [0, 0.05) is 13.1 Å². The monoisotopic (exact) mass is 351 g/mol. The number of likely N-dealkylation sites (tertiary alicyclic amines) is 1. The van der Waals surface area contributed by atoms with E-state index in [1.165, 1.54) is 4.90 Å². The van der Waals surface area contributed by atoms with E-state index in [9.17, 15) is 14.8 Å². The van der Waals surface area contributed by atoms with E-state index in [1.54, 1.807) is 20.8 Å². The molecule has 0 radical (unpaired) electrons. The molecular formula is C18H27N2O5+. The van der Waals surface area contributed by atoms with E-state index in [1.807, 2.05) is 30.3 Å². The van der Waals surface area contributed by atoms with E-state index >= 15 is 0 Å². The van der Waals surface area contributed by atoms with Crippen LogP contribution in [0.1, 0.15) is 39.2 Å². The first kappa shape index (κ1) is 19.2. The SMILES string of the molecule is CC(C)(C)O[N+](=O)C(Cc1ccccc1)C(O)OC(=O)N1CCCC1. The van der Waals surface area contributed by atoms with Crippen molar-refractivity contribution in [3.63, 3.8) is 0 Å². The Bertz CT molecular complexity index is 579. The van der Waals surface area contributed by atoms with Crippen LogP contribution in [0, 0.1) is 4.91 Å². The van der Waals surface area contributed by atoms with Crippen LogP contribution in [0.4, 0.5) is 4.79 Å². The summed E-state index contributed by atoms with van der Waals surface area (Å²) in [7, 11) is 0. The van der Waals surface area contributed by atoms with Gasteiger partial charge in [0.15, 0.2) is 5.60 Å². The van der Waals surface area contributed by atoms with Crippen LogP contribution >= 0.6 is 0 Å². The molecule has 1 aromatic rings. The maximum atomic E-state index is 12.4. The van der Waals surface area contributed by atoms with E-state index in [4.69, 9.17) is 9.57 Å². The summed E-state index contributed by atoms with van der Waals surface area (Å²) < 4.78 is 5.13. The minimum absolute atomic E-state index is 0.189. The predicted octanol–water partition coefficient (Wildman–Crippen LogP) is 2.66. The molecule has 138 valence electrons. The second kappa shape index (κ2) is 8.29. The van der Waals surface area contributed by atoms with Crippen molar-refractivity contribution in [2.45, 2.75) is 58.0 Å². The summed E-state index contributed by atoms with van der Waals surface area (Å²) in [4.78, 5) is 31.7. The first-order chi connectivity index (χ1) is 11.8. The minimum atomic E-state index is -1.59. The number of nitrogens with zero attached hydrogens (tertiary/aromatic N) is 2. The maximum Gasteiger partial charge on any atom is 0.412 e. The second-order valence-electron chi connectivity index (χ2n) is 7.21. The van der Waals surface area contributed by atoms with Gasteiger partial charge in [-0.1, -0.05) is 30.3 Å². The Hall–Kier alpha value is -2.15. The summed E-state index contributed by atoms with van der Waals surface area (Å²) in [6.07, 6.45) is -0.172. The maximum absolute atomic E-state index is 12.4. The lowest BCUT2D eigenvalue weighted by atomic mass is 10.1. The highest BCUT2D eigenvalue weighted by molar-refractivity contribution is 5.68. The van der Waals surface area contributed by atoms with Crippen molar-refractivity contribution >= 4 is 6.09 Å². The van der Waals surface area contributed by atoms with E-state index < -0.39 is 24.0 Å². The number of aliphatic hydroxyl groups is 1. The standard InChI is InChI=1S/C18H27N2O5/c1-18(2,3)25-20(23)15(13-14-9-5-4-6-10-14)16(21)24-17(22)19-11-7-8-12-19/h4-6,9-10,15-16,21H,7-8,11-13H2,1-3H3/q+1. The Kier molecular flexibility index (Phi) is 6.36. The molecule has 1 saturated heterocycles. The van der Waals surface area contributed by atoms with Gasteiger partial charge in [-0.2, -0.15) is 0 Å². The van der Waals surface area contributed by atoms with Crippen LogP contribution in [0.3, 0.4) is 0 Å². The first-order valence-corrected chi connectivity index (χ1v) is 8.59. The summed E-state index contributed by atoms with van der Waals surface area (Å²) in [5.74, 6) is 0. The normalized spacial score (nSPS) is 17.0. The lowest BCUT2D eigenvalue weighted by Gasteiger charge is -2.21. The topological polar surface area (TPSA) is 79.1 Å². The molecule has 0 saturated carbocycles. The van der Waals surface area contributed by atoms with Crippen molar-refractivity contribution in [3.8, 4) is 0 Å². The van der Waals surface area contributed by atoms with Gasteiger partial charge in [0.2, 0.25) is 4.92 Å². The number of benzene rings is 1. The van der Waals surface area contributed by atoms with Crippen molar-refractivity contribution in [2.75, 3.05) is 13.1 Å². The number of hydrogen-bond donors (Lipinski definition) is 1. The zero-order chi connectivity index (χ0) is 18.4. The molecule has 7 heteroatoms. The molecule has 7 nitrogen and oxygen atoms in total. The first-order valence-electron chi connectivity index (χ1n) is 8.59. The van der Waals surface area contributed by atoms with E-state index in [0.29, 0.717) is 18.0 Å². The molecule has 1 aromatic carbocycles. The molecule has 0 aromatic heterocycles. The number of aliphatic hydroxyl groups excluding tert-OH is 1. The van der Waals surface area contributed by atoms with Crippen molar-refractivity contribution in [1.29, 1.82) is 0 Å². The van der Waals surface area contributed by atoms with Crippen molar-refractivity contribution in [1.82, 2.24) is 4.90 Å². The Morgan fingerprint density at radius 2 is 1.84 bits per heavy atom. The molecule has 1 heterocycles. The number of hydrogen-bond acceptors (Lipinski definition) is 5. The van der Waals surface area contributed by atoms with Crippen molar-refractivity contribution < 1.29 is 24.4 Å². The average molecular weight is 351 g/mol. The molecule has 0 spiro atoms. The van der Waals surface area contributed by atoms with E-state index in [2.05, 4.69) is 0 Å². The molecule has 1 aliphatic rings. The molecule has 0 aliphatic carbocycles. The molecule has 1 aliphatic heterocycles. The lowest BCUT2D eigenvalue weighted by molar-refractivity contribution is -0.849. The highest BCUT2D eigenvalue weighted by Crippen LogP contribution is 2.17. The zero-order valence-corrected chi connectivity index (χ0v) is 15.1. The third-order valence-electron chi connectivity index (χ3n) is 3.84. The summed E-state index contributed by atoms with van der Waals surface area (Å²) in [5, 5.41) is 10.4. The van der Waals surface area contributed by atoms with Gasteiger partial charge < -0.3 is 14.7 Å². The minimum Gasteiger partial charge on any atom is -0.412 e. The molecular weight excluding hydrogens is 324 g/mol. The number of rotatable bonds is 6. The van der Waals surface area contributed by atoms with Gasteiger partial charge in [-0.25, -0.2) is 9.63 Å². The van der Waals surface area contributed by atoms with E-state index in [-0.39, 0.29) is 6.42 Å². The highest BCUT2D eigenvalue weighted by Gasteiger charge is 2.42. The molecule has 2 atom stereocenters. The van der Waals surface area contributed by atoms with Crippen LogP contribution in [-0.4, -0.2) is 52.0 Å². The van der Waals surface area contributed by atoms with Crippen molar-refractivity contribution in [3.05, 3.63) is 40.8 Å². The third kappa shape index (κ3) is 6.01. The van der Waals surface area contributed by atoms with Crippen molar-refractivity contribution in [2.24, 2.45) is 0 Å². The molecule has 1 N–H and O–H groups in total. The zero-order valence-electron chi connectivity index (χ0n) is 15.1. The molecule has 2 unspecified atom stereocenters. The number of carbonyl (C=O) groups excluding carboxylic acids is 1. The smallest absolute Gasteiger partial charge is 0.412 e. The molecule has 25 heavy (non-hydrogen) atoms. The number of carbonyl (C=O) groups is 1. The fraction of sp³-hybridized carbons (Fsp3) is 0.611. The van der Waals surface area contributed by atoms with Gasteiger partial charge in [-0.05, 0) is 39.2 Å². The van der Waals surface area contributed by atoms with Gasteiger partial charge in [0.05, 0.1) is 11.3 Å². The molecule has 1 fully saturated rings. The molecule has 2 rings (SSSR count). The lowest BCUT2D eigenvalue weighted by Crippen LogP contribution is -2.45. The van der Waals surface area contributed by atoms with Crippen LogP contribution in [0.5, 0.6) is 0 Å². The highest BCUT2D eigenvalue weighted by atomic mass is 16.8. The third-order valence-corrected chi connectivity index (χ3v) is 3.84. The van der Waals surface area contributed by atoms with Crippen LogP contribution in [0.2, 0.25) is 0 Å². The van der Waals surface area contributed by atoms with Crippen LogP contribution < -0.4 is 0 Å². The predicted molar refractivity (Wildman–Crippen MR) is 91.7 cm³/mol. The second-order valence-corrected chi connectivity index (χ2v) is 7.21. The van der Waals surface area contributed by atoms with Crippen LogP contribution in [0.25, 0.3) is 0 Å². The summed E-state index contributed by atoms with van der Waals surface area (Å²) in [6, 6.07) is 8.17. The van der Waals surface area contributed by atoms with Gasteiger partial charge in [0.1, 0.15) is 0 Å². The Labute approximate surface area is 148 Å². The Morgan fingerprint density at radius 3 is 2.40 bits per heavy atom. The number of amides is 1.